The average Bonchev–Trinajstić information content (AvgIpc) is 2.74. The van der Waals surface area contributed by atoms with Crippen LogP contribution in [0.1, 0.15) is 32.6 Å². The highest BCUT2D eigenvalue weighted by Gasteiger charge is 2.18. The second kappa shape index (κ2) is 9.02. The Morgan fingerprint density at radius 3 is 2.32 bits per heavy atom. The average molecular weight is 434 g/mol. The number of benzene rings is 3. The molecule has 7 heteroatoms. The van der Waals surface area contributed by atoms with Gasteiger partial charge in [-0.25, -0.2) is 8.42 Å². The maximum atomic E-state index is 12.4. The van der Waals surface area contributed by atoms with Gasteiger partial charge in [-0.15, -0.1) is 0 Å². The summed E-state index contributed by atoms with van der Waals surface area (Å²) in [6, 6.07) is 21.0. The van der Waals surface area contributed by atoms with E-state index in [4.69, 9.17) is 5.26 Å². The number of sulfonamides is 1. The summed E-state index contributed by atoms with van der Waals surface area (Å²) in [4.78, 5) is 12.4. The Morgan fingerprint density at radius 2 is 1.71 bits per heavy atom. The number of amides is 1. The van der Waals surface area contributed by atoms with Gasteiger partial charge >= 0.3 is 0 Å². The maximum absolute atomic E-state index is 12.4. The van der Waals surface area contributed by atoms with E-state index < -0.39 is 10.0 Å². The molecule has 0 fully saturated rings. The third kappa shape index (κ3) is 5.50. The van der Waals surface area contributed by atoms with Crippen LogP contribution >= 0.6 is 0 Å². The Balaban J connectivity index is 1.77. The maximum Gasteiger partial charge on any atom is 0.255 e. The minimum atomic E-state index is -3.48. The summed E-state index contributed by atoms with van der Waals surface area (Å²) in [5, 5.41) is 11.8. The highest BCUT2D eigenvalue weighted by atomic mass is 32.2. The fourth-order valence-electron chi connectivity index (χ4n) is 3.07. The van der Waals surface area contributed by atoms with Crippen molar-refractivity contribution in [3.63, 3.8) is 0 Å². The molecule has 0 aromatic heterocycles. The SMILES string of the molecule is Cc1ccc(N(Cc2ccc(NC(=O)c3cccc(C#N)c3)cc2)S(C)(=O)=O)cc1C. The number of nitrogens with zero attached hydrogens (tertiary/aromatic N) is 2. The lowest BCUT2D eigenvalue weighted by Crippen LogP contribution is -2.29. The summed E-state index contributed by atoms with van der Waals surface area (Å²) < 4.78 is 26.2. The molecule has 31 heavy (non-hydrogen) atoms. The van der Waals surface area contributed by atoms with Crippen LogP contribution in [-0.4, -0.2) is 20.6 Å². The van der Waals surface area contributed by atoms with E-state index in [0.717, 1.165) is 16.7 Å². The molecule has 0 aliphatic carbocycles. The first-order valence-electron chi connectivity index (χ1n) is 9.63. The van der Waals surface area contributed by atoms with E-state index in [-0.39, 0.29) is 12.5 Å². The number of nitrogens with one attached hydrogen (secondary N) is 1. The van der Waals surface area contributed by atoms with Crippen LogP contribution in [0.5, 0.6) is 0 Å². The van der Waals surface area contributed by atoms with E-state index in [1.165, 1.54) is 16.6 Å². The predicted molar refractivity (Wildman–Crippen MR) is 122 cm³/mol. The third-order valence-electron chi connectivity index (χ3n) is 4.97. The van der Waals surface area contributed by atoms with E-state index in [1.54, 1.807) is 48.5 Å². The van der Waals surface area contributed by atoms with Gasteiger partial charge in [-0.1, -0.05) is 24.3 Å². The van der Waals surface area contributed by atoms with Crippen molar-refractivity contribution in [2.45, 2.75) is 20.4 Å². The Kier molecular flexibility index (Phi) is 6.42. The largest absolute Gasteiger partial charge is 0.322 e. The van der Waals surface area contributed by atoms with Crippen molar-refractivity contribution in [3.8, 4) is 6.07 Å². The Labute approximate surface area is 182 Å². The van der Waals surface area contributed by atoms with E-state index >= 15 is 0 Å². The van der Waals surface area contributed by atoms with Crippen molar-refractivity contribution >= 4 is 27.3 Å². The topological polar surface area (TPSA) is 90.3 Å². The van der Waals surface area contributed by atoms with E-state index in [1.807, 2.05) is 32.0 Å². The van der Waals surface area contributed by atoms with Crippen LogP contribution in [0.3, 0.4) is 0 Å². The molecule has 1 amide bonds. The van der Waals surface area contributed by atoms with Gasteiger partial charge in [0.15, 0.2) is 0 Å². The van der Waals surface area contributed by atoms with Gasteiger partial charge in [-0.3, -0.25) is 9.10 Å². The van der Waals surface area contributed by atoms with Crippen molar-refractivity contribution < 1.29 is 13.2 Å². The number of carbonyl (C=O) groups excluding carboxylic acids is 1. The van der Waals surface area contributed by atoms with Crippen molar-refractivity contribution in [2.24, 2.45) is 0 Å². The number of anilines is 2. The quantitative estimate of drug-likeness (QED) is 0.624. The van der Waals surface area contributed by atoms with Gasteiger partial charge in [-0.2, -0.15) is 5.26 Å². The highest BCUT2D eigenvalue weighted by molar-refractivity contribution is 7.92. The molecule has 0 saturated heterocycles. The summed E-state index contributed by atoms with van der Waals surface area (Å²) in [6.07, 6.45) is 1.19. The summed E-state index contributed by atoms with van der Waals surface area (Å²) in [5.74, 6) is -0.322. The minimum Gasteiger partial charge on any atom is -0.322 e. The van der Waals surface area contributed by atoms with Gasteiger partial charge in [-0.05, 0) is 73.0 Å². The zero-order valence-electron chi connectivity index (χ0n) is 17.6. The van der Waals surface area contributed by atoms with Gasteiger partial charge in [0.1, 0.15) is 0 Å². The molecule has 158 valence electrons. The Bertz CT molecular complexity index is 1260. The van der Waals surface area contributed by atoms with Crippen LogP contribution in [0.25, 0.3) is 0 Å². The molecule has 1 N–H and O–H groups in total. The molecule has 3 aromatic rings. The molecule has 0 unspecified atom stereocenters. The van der Waals surface area contributed by atoms with Gasteiger partial charge in [0.2, 0.25) is 10.0 Å². The van der Waals surface area contributed by atoms with Crippen LogP contribution in [0.2, 0.25) is 0 Å². The molecule has 0 bridgehead atoms. The number of nitriles is 1. The number of aryl methyl sites for hydroxylation is 2. The standard InChI is InChI=1S/C24H23N3O3S/c1-17-7-12-23(13-18(17)2)27(31(3,29)30)16-19-8-10-22(11-9-19)26-24(28)21-6-4-5-20(14-21)15-25/h4-14H,16H2,1-3H3,(H,26,28). The molecule has 3 rings (SSSR count). The Morgan fingerprint density at radius 1 is 1.00 bits per heavy atom. The second-order valence-corrected chi connectivity index (χ2v) is 9.29. The molecule has 3 aromatic carbocycles. The lowest BCUT2D eigenvalue weighted by atomic mass is 10.1. The summed E-state index contributed by atoms with van der Waals surface area (Å²) in [6.45, 7) is 4.11. The van der Waals surface area contributed by atoms with Crippen molar-refractivity contribution in [1.29, 1.82) is 5.26 Å². The van der Waals surface area contributed by atoms with Crippen LogP contribution < -0.4 is 9.62 Å². The predicted octanol–water partition coefficient (Wildman–Crippen LogP) is 4.39. The van der Waals surface area contributed by atoms with Gasteiger partial charge in [0.25, 0.3) is 5.91 Å². The molecular formula is C24H23N3O3S. The molecule has 0 heterocycles. The lowest BCUT2D eigenvalue weighted by Gasteiger charge is -2.23. The zero-order chi connectivity index (χ0) is 22.6. The normalized spacial score (nSPS) is 10.9. The summed E-state index contributed by atoms with van der Waals surface area (Å²) in [7, 11) is -3.48. The minimum absolute atomic E-state index is 0.180. The number of carbonyl (C=O) groups is 1. The first-order chi connectivity index (χ1) is 14.7. The lowest BCUT2D eigenvalue weighted by molar-refractivity contribution is 0.102. The van der Waals surface area contributed by atoms with Gasteiger partial charge in [0.05, 0.1) is 30.1 Å². The fourth-order valence-corrected chi connectivity index (χ4v) is 3.95. The van der Waals surface area contributed by atoms with Crippen LogP contribution in [0, 0.1) is 25.2 Å². The van der Waals surface area contributed by atoms with Crippen LogP contribution in [-0.2, 0) is 16.6 Å². The fraction of sp³-hybridized carbons (Fsp3) is 0.167. The van der Waals surface area contributed by atoms with E-state index in [9.17, 15) is 13.2 Å². The first kappa shape index (κ1) is 22.1. The number of hydrogen-bond donors (Lipinski definition) is 1. The number of hydrogen-bond acceptors (Lipinski definition) is 4. The van der Waals surface area contributed by atoms with Crippen LogP contribution in [0.4, 0.5) is 11.4 Å². The first-order valence-corrected chi connectivity index (χ1v) is 11.5. The third-order valence-corrected chi connectivity index (χ3v) is 6.11. The monoisotopic (exact) mass is 433 g/mol. The molecule has 6 nitrogen and oxygen atoms in total. The van der Waals surface area contributed by atoms with Crippen molar-refractivity contribution in [1.82, 2.24) is 0 Å². The molecular weight excluding hydrogens is 410 g/mol. The van der Waals surface area contributed by atoms with Crippen molar-refractivity contribution in [2.75, 3.05) is 15.9 Å². The second-order valence-electron chi connectivity index (χ2n) is 7.38. The van der Waals surface area contributed by atoms with Gasteiger partial charge in [0, 0.05) is 11.3 Å². The van der Waals surface area contributed by atoms with E-state index in [2.05, 4.69) is 5.32 Å². The molecule has 0 aliphatic rings. The molecule has 0 atom stereocenters. The summed E-state index contributed by atoms with van der Waals surface area (Å²) >= 11 is 0. The molecule has 0 radical (unpaired) electrons. The van der Waals surface area contributed by atoms with E-state index in [0.29, 0.717) is 22.5 Å². The summed E-state index contributed by atoms with van der Waals surface area (Å²) in [5.41, 5.74) is 4.89. The van der Waals surface area contributed by atoms with Crippen LogP contribution in [0.15, 0.2) is 66.7 Å². The molecule has 0 aliphatic heterocycles. The van der Waals surface area contributed by atoms with Crippen molar-refractivity contribution in [3.05, 3.63) is 94.5 Å². The zero-order valence-corrected chi connectivity index (χ0v) is 18.4. The molecule has 0 spiro atoms. The van der Waals surface area contributed by atoms with Gasteiger partial charge < -0.3 is 5.32 Å². The number of rotatable bonds is 6. The molecule has 0 saturated carbocycles. The smallest absolute Gasteiger partial charge is 0.255 e. The highest BCUT2D eigenvalue weighted by Crippen LogP contribution is 2.24. The Hall–Kier alpha value is -3.63.